The normalized spacial score (nSPS) is 14.4. The van der Waals surface area contributed by atoms with E-state index < -0.39 is 12.0 Å². The summed E-state index contributed by atoms with van der Waals surface area (Å²) in [6, 6.07) is 0.980. The fraction of sp³-hybridized carbons (Fsp3) is 0.600. The molecule has 1 atom stereocenters. The monoisotopic (exact) mass is 203 g/mol. The van der Waals surface area contributed by atoms with Gasteiger partial charge in [-0.2, -0.15) is 0 Å². The summed E-state index contributed by atoms with van der Waals surface area (Å²) < 4.78 is 30.6. The highest BCUT2D eigenvalue weighted by atomic mass is 19.3. The van der Waals surface area contributed by atoms with Gasteiger partial charge in [0.2, 0.25) is 5.92 Å². The third kappa shape index (κ3) is 2.80. The topological polar surface area (TPSA) is 39.2 Å². The van der Waals surface area contributed by atoms with Gasteiger partial charge in [0.05, 0.1) is 6.04 Å². The van der Waals surface area contributed by atoms with Crippen molar-refractivity contribution in [1.29, 1.82) is 0 Å². The van der Waals surface area contributed by atoms with Gasteiger partial charge in [-0.1, -0.05) is 0 Å². The van der Waals surface area contributed by atoms with Crippen LogP contribution in [0.1, 0.15) is 36.5 Å². The molecule has 2 nitrogen and oxygen atoms in total. The van der Waals surface area contributed by atoms with Crippen molar-refractivity contribution in [1.82, 2.24) is 0 Å². The average molecular weight is 203 g/mol. The second kappa shape index (κ2) is 3.69. The van der Waals surface area contributed by atoms with Crippen LogP contribution in [-0.4, -0.2) is 5.92 Å². The molecule has 4 heteroatoms. The lowest BCUT2D eigenvalue weighted by Crippen LogP contribution is -2.20. The smallest absolute Gasteiger partial charge is 0.247 e. The van der Waals surface area contributed by atoms with Crippen LogP contribution in [0, 0.1) is 13.8 Å². The molecule has 0 amide bonds. The first kappa shape index (κ1) is 11.2. The molecule has 0 aliphatic rings. The number of furan rings is 1. The molecular formula is C10H15F2NO. The van der Waals surface area contributed by atoms with Gasteiger partial charge in [-0.25, -0.2) is 8.78 Å². The van der Waals surface area contributed by atoms with Gasteiger partial charge in [-0.3, -0.25) is 0 Å². The fourth-order valence-electron chi connectivity index (χ4n) is 1.27. The third-order valence-corrected chi connectivity index (χ3v) is 2.13. The first-order valence-corrected chi connectivity index (χ1v) is 4.50. The Morgan fingerprint density at radius 1 is 1.50 bits per heavy atom. The van der Waals surface area contributed by atoms with Crippen LogP contribution in [0.5, 0.6) is 0 Å². The Bertz CT molecular complexity index is 295. The lowest BCUT2D eigenvalue weighted by molar-refractivity contribution is 0.00424. The summed E-state index contributed by atoms with van der Waals surface area (Å²) >= 11 is 0. The van der Waals surface area contributed by atoms with E-state index in [1.165, 1.54) is 0 Å². The molecule has 1 aromatic heterocycles. The van der Waals surface area contributed by atoms with Crippen molar-refractivity contribution in [2.45, 2.75) is 39.2 Å². The van der Waals surface area contributed by atoms with Crippen molar-refractivity contribution in [3.63, 3.8) is 0 Å². The van der Waals surface area contributed by atoms with Gasteiger partial charge in [0.1, 0.15) is 11.5 Å². The second-order valence-electron chi connectivity index (χ2n) is 3.77. The molecule has 0 radical (unpaired) electrons. The highest BCUT2D eigenvalue weighted by Crippen LogP contribution is 2.28. The maximum absolute atomic E-state index is 12.6. The van der Waals surface area contributed by atoms with Gasteiger partial charge in [-0.15, -0.1) is 0 Å². The Labute approximate surface area is 82.1 Å². The van der Waals surface area contributed by atoms with E-state index in [0.29, 0.717) is 5.76 Å². The molecule has 0 aliphatic heterocycles. The number of aryl methyl sites for hydroxylation is 2. The maximum atomic E-state index is 12.6. The van der Waals surface area contributed by atoms with E-state index in [4.69, 9.17) is 10.2 Å². The summed E-state index contributed by atoms with van der Waals surface area (Å²) in [5, 5.41) is 0. The van der Waals surface area contributed by atoms with E-state index in [9.17, 15) is 8.78 Å². The van der Waals surface area contributed by atoms with Crippen LogP contribution in [0.3, 0.4) is 0 Å². The molecule has 0 saturated carbocycles. The van der Waals surface area contributed by atoms with E-state index in [1.807, 2.05) is 6.92 Å². The highest BCUT2D eigenvalue weighted by molar-refractivity contribution is 5.20. The summed E-state index contributed by atoms with van der Waals surface area (Å²) in [6.45, 7) is 4.50. The van der Waals surface area contributed by atoms with E-state index in [1.54, 1.807) is 13.0 Å². The van der Waals surface area contributed by atoms with E-state index in [0.717, 1.165) is 18.2 Å². The van der Waals surface area contributed by atoms with Gasteiger partial charge in [0.15, 0.2) is 0 Å². The zero-order chi connectivity index (χ0) is 10.9. The lowest BCUT2D eigenvalue weighted by Gasteiger charge is -2.14. The van der Waals surface area contributed by atoms with Gasteiger partial charge < -0.3 is 10.2 Å². The second-order valence-corrected chi connectivity index (χ2v) is 3.77. The van der Waals surface area contributed by atoms with Gasteiger partial charge >= 0.3 is 0 Å². The molecule has 1 aromatic rings. The first-order chi connectivity index (χ1) is 6.29. The number of nitrogens with two attached hydrogens (primary N) is 1. The molecule has 1 unspecified atom stereocenters. The molecule has 14 heavy (non-hydrogen) atoms. The minimum atomic E-state index is -2.76. The van der Waals surface area contributed by atoms with Crippen LogP contribution < -0.4 is 5.73 Å². The molecule has 80 valence electrons. The molecule has 0 bridgehead atoms. The molecule has 2 N–H and O–H groups in total. The lowest BCUT2D eigenvalue weighted by atomic mass is 10.1. The average Bonchev–Trinajstić information content (AvgIpc) is 2.28. The standard InChI is InChI=1S/C10H15F2NO/c1-6-4-9(14-7(6)2)8(13)5-10(3,11)12/h4,8H,5,13H2,1-3H3. The summed E-state index contributed by atoms with van der Waals surface area (Å²) in [4.78, 5) is 0. The van der Waals surface area contributed by atoms with Crippen LogP contribution in [0.4, 0.5) is 8.78 Å². The number of hydrogen-bond donors (Lipinski definition) is 1. The maximum Gasteiger partial charge on any atom is 0.247 e. The van der Waals surface area contributed by atoms with E-state index in [-0.39, 0.29) is 6.42 Å². The van der Waals surface area contributed by atoms with Crippen LogP contribution >= 0.6 is 0 Å². The molecule has 1 rings (SSSR count). The zero-order valence-electron chi connectivity index (χ0n) is 8.60. The molecule has 1 heterocycles. The molecular weight excluding hydrogens is 188 g/mol. The molecule has 0 saturated heterocycles. The minimum Gasteiger partial charge on any atom is -0.464 e. The molecule has 0 fully saturated rings. The highest BCUT2D eigenvalue weighted by Gasteiger charge is 2.27. The molecule has 0 spiro atoms. The number of halogens is 2. The van der Waals surface area contributed by atoms with Crippen molar-refractivity contribution in [3.8, 4) is 0 Å². The Balaban J connectivity index is 2.75. The Morgan fingerprint density at radius 2 is 2.07 bits per heavy atom. The molecule has 0 aromatic carbocycles. The first-order valence-electron chi connectivity index (χ1n) is 4.50. The fourth-order valence-corrected chi connectivity index (χ4v) is 1.27. The van der Waals surface area contributed by atoms with Gasteiger partial charge in [0.25, 0.3) is 0 Å². The predicted octanol–water partition coefficient (Wildman–Crippen LogP) is 2.94. The number of rotatable bonds is 3. The van der Waals surface area contributed by atoms with Crippen molar-refractivity contribution in [2.75, 3.05) is 0 Å². The summed E-state index contributed by atoms with van der Waals surface area (Å²) in [5.74, 6) is -1.59. The Morgan fingerprint density at radius 3 is 2.43 bits per heavy atom. The van der Waals surface area contributed by atoms with Crippen molar-refractivity contribution >= 4 is 0 Å². The third-order valence-electron chi connectivity index (χ3n) is 2.13. The SMILES string of the molecule is Cc1cc(C(N)CC(C)(F)F)oc1C. The van der Waals surface area contributed by atoms with Crippen molar-refractivity contribution in [2.24, 2.45) is 5.73 Å². The van der Waals surface area contributed by atoms with Gasteiger partial charge in [-0.05, 0) is 32.4 Å². The molecule has 0 aliphatic carbocycles. The number of alkyl halides is 2. The zero-order valence-corrected chi connectivity index (χ0v) is 8.60. The number of hydrogen-bond acceptors (Lipinski definition) is 2. The predicted molar refractivity (Wildman–Crippen MR) is 50.3 cm³/mol. The van der Waals surface area contributed by atoms with E-state index in [2.05, 4.69) is 0 Å². The summed E-state index contributed by atoms with van der Waals surface area (Å²) in [5.41, 5.74) is 6.53. The van der Waals surface area contributed by atoms with Crippen molar-refractivity contribution < 1.29 is 13.2 Å². The van der Waals surface area contributed by atoms with Crippen LogP contribution in [0.25, 0.3) is 0 Å². The van der Waals surface area contributed by atoms with Crippen LogP contribution in [-0.2, 0) is 0 Å². The Hall–Kier alpha value is -0.900. The van der Waals surface area contributed by atoms with Crippen molar-refractivity contribution in [3.05, 3.63) is 23.2 Å². The summed E-state index contributed by atoms with van der Waals surface area (Å²) in [7, 11) is 0. The van der Waals surface area contributed by atoms with E-state index >= 15 is 0 Å². The Kier molecular flexibility index (Phi) is 2.95. The van der Waals surface area contributed by atoms with Crippen LogP contribution in [0.15, 0.2) is 10.5 Å². The largest absolute Gasteiger partial charge is 0.464 e. The minimum absolute atomic E-state index is 0.389. The summed E-state index contributed by atoms with van der Waals surface area (Å²) in [6.07, 6.45) is -0.389. The quantitative estimate of drug-likeness (QED) is 0.820. The van der Waals surface area contributed by atoms with Gasteiger partial charge in [0, 0.05) is 6.42 Å². The van der Waals surface area contributed by atoms with Crippen LogP contribution in [0.2, 0.25) is 0 Å².